The van der Waals surface area contributed by atoms with Gasteiger partial charge in [0.05, 0.1) is 11.9 Å². The zero-order valence-electron chi connectivity index (χ0n) is 19.1. The van der Waals surface area contributed by atoms with Crippen molar-refractivity contribution in [2.75, 3.05) is 23.7 Å². The SMILES string of the molecule is CC(C)CNC(=O)[C@H](C)N(Cc1ccccc1F)C(=O)CN(c1ccccc1Br)S(C)(=O)=O. The minimum absolute atomic E-state index is 0.185. The van der Waals surface area contributed by atoms with E-state index in [9.17, 15) is 22.4 Å². The summed E-state index contributed by atoms with van der Waals surface area (Å²) >= 11 is 3.32. The highest BCUT2D eigenvalue weighted by atomic mass is 79.9. The summed E-state index contributed by atoms with van der Waals surface area (Å²) in [7, 11) is -3.84. The van der Waals surface area contributed by atoms with Crippen molar-refractivity contribution in [3.63, 3.8) is 0 Å². The average molecular weight is 542 g/mol. The van der Waals surface area contributed by atoms with Gasteiger partial charge in [-0.25, -0.2) is 12.8 Å². The zero-order valence-corrected chi connectivity index (χ0v) is 21.5. The fourth-order valence-corrected chi connectivity index (χ4v) is 4.57. The molecule has 0 aliphatic rings. The highest BCUT2D eigenvalue weighted by Gasteiger charge is 2.31. The van der Waals surface area contributed by atoms with Crippen LogP contribution in [0.5, 0.6) is 0 Å². The Morgan fingerprint density at radius 3 is 2.24 bits per heavy atom. The highest BCUT2D eigenvalue weighted by molar-refractivity contribution is 9.10. The van der Waals surface area contributed by atoms with Crippen LogP contribution in [0.15, 0.2) is 53.0 Å². The number of carbonyl (C=O) groups is 2. The quantitative estimate of drug-likeness (QED) is 0.498. The number of rotatable bonds is 10. The minimum atomic E-state index is -3.84. The molecule has 0 saturated heterocycles. The fraction of sp³-hybridized carbons (Fsp3) is 0.391. The van der Waals surface area contributed by atoms with Crippen LogP contribution in [0.4, 0.5) is 10.1 Å². The number of carbonyl (C=O) groups excluding carboxylic acids is 2. The lowest BCUT2D eigenvalue weighted by Crippen LogP contribution is -2.51. The highest BCUT2D eigenvalue weighted by Crippen LogP contribution is 2.28. The summed E-state index contributed by atoms with van der Waals surface area (Å²) in [5.41, 5.74) is 0.511. The van der Waals surface area contributed by atoms with E-state index >= 15 is 0 Å². The van der Waals surface area contributed by atoms with Crippen LogP contribution in [0.25, 0.3) is 0 Å². The topological polar surface area (TPSA) is 86.8 Å². The Labute approximate surface area is 203 Å². The van der Waals surface area contributed by atoms with Gasteiger partial charge in [0.15, 0.2) is 0 Å². The number of nitrogens with one attached hydrogen (secondary N) is 1. The minimum Gasteiger partial charge on any atom is -0.354 e. The molecule has 10 heteroatoms. The van der Waals surface area contributed by atoms with E-state index in [1.165, 1.54) is 30.0 Å². The van der Waals surface area contributed by atoms with Crippen molar-refractivity contribution >= 4 is 43.5 Å². The molecule has 2 rings (SSSR count). The molecular weight excluding hydrogens is 513 g/mol. The van der Waals surface area contributed by atoms with E-state index in [0.29, 0.717) is 11.0 Å². The first-order valence-electron chi connectivity index (χ1n) is 10.4. The third kappa shape index (κ3) is 7.53. The van der Waals surface area contributed by atoms with Crippen molar-refractivity contribution in [3.8, 4) is 0 Å². The number of hydrogen-bond donors (Lipinski definition) is 1. The summed E-state index contributed by atoms with van der Waals surface area (Å²) in [6.07, 6.45) is 1.000. The zero-order chi connectivity index (χ0) is 24.8. The Bertz CT molecular complexity index is 1090. The van der Waals surface area contributed by atoms with Gasteiger partial charge in [0.1, 0.15) is 18.4 Å². The number of anilines is 1. The van der Waals surface area contributed by atoms with E-state index in [4.69, 9.17) is 0 Å². The molecule has 0 fully saturated rings. The molecule has 0 unspecified atom stereocenters. The number of amides is 2. The number of benzene rings is 2. The number of sulfonamides is 1. The van der Waals surface area contributed by atoms with Gasteiger partial charge in [-0.3, -0.25) is 13.9 Å². The summed E-state index contributed by atoms with van der Waals surface area (Å²) < 4.78 is 40.9. The number of hydrogen-bond acceptors (Lipinski definition) is 4. The Morgan fingerprint density at radius 1 is 1.06 bits per heavy atom. The maximum atomic E-state index is 14.4. The Balaban J connectivity index is 2.39. The molecule has 0 aliphatic carbocycles. The van der Waals surface area contributed by atoms with Crippen LogP contribution in [0.3, 0.4) is 0 Å². The van der Waals surface area contributed by atoms with Gasteiger partial charge in [0.2, 0.25) is 21.8 Å². The smallest absolute Gasteiger partial charge is 0.244 e. The van der Waals surface area contributed by atoms with Gasteiger partial charge in [-0.2, -0.15) is 0 Å². The first-order chi connectivity index (χ1) is 15.4. The van der Waals surface area contributed by atoms with Gasteiger partial charge in [-0.05, 0) is 47.0 Å². The molecule has 33 heavy (non-hydrogen) atoms. The first-order valence-corrected chi connectivity index (χ1v) is 13.1. The van der Waals surface area contributed by atoms with Crippen molar-refractivity contribution in [1.29, 1.82) is 0 Å². The molecule has 1 N–H and O–H groups in total. The molecule has 0 radical (unpaired) electrons. The van der Waals surface area contributed by atoms with Crippen molar-refractivity contribution in [2.24, 2.45) is 5.92 Å². The molecule has 0 aliphatic heterocycles. The molecule has 0 aromatic heterocycles. The second-order valence-electron chi connectivity index (χ2n) is 8.15. The molecule has 1 atom stereocenters. The Kier molecular flexibility index (Phi) is 9.42. The second kappa shape index (κ2) is 11.6. The van der Waals surface area contributed by atoms with Gasteiger partial charge in [0, 0.05) is 23.1 Å². The van der Waals surface area contributed by atoms with Gasteiger partial charge in [-0.15, -0.1) is 0 Å². The van der Waals surface area contributed by atoms with Crippen molar-refractivity contribution in [2.45, 2.75) is 33.4 Å². The van der Waals surface area contributed by atoms with Crippen molar-refractivity contribution in [3.05, 3.63) is 64.4 Å². The van der Waals surface area contributed by atoms with Gasteiger partial charge in [0.25, 0.3) is 0 Å². The molecule has 2 amide bonds. The van der Waals surface area contributed by atoms with E-state index in [0.717, 1.165) is 10.6 Å². The third-order valence-electron chi connectivity index (χ3n) is 4.95. The Hall–Kier alpha value is -2.46. The lowest BCUT2D eigenvalue weighted by Gasteiger charge is -2.32. The van der Waals surface area contributed by atoms with Gasteiger partial charge in [-0.1, -0.05) is 44.2 Å². The molecule has 7 nitrogen and oxygen atoms in total. The summed E-state index contributed by atoms with van der Waals surface area (Å²) in [5, 5.41) is 2.78. The molecule has 0 spiro atoms. The number of halogens is 2. The van der Waals surface area contributed by atoms with Crippen molar-refractivity contribution < 1.29 is 22.4 Å². The monoisotopic (exact) mass is 541 g/mol. The van der Waals surface area contributed by atoms with Crippen LogP contribution >= 0.6 is 15.9 Å². The molecule has 0 heterocycles. The van der Waals surface area contributed by atoms with Gasteiger partial charge < -0.3 is 10.2 Å². The predicted octanol–water partition coefficient (Wildman–Crippen LogP) is 3.54. The number of para-hydroxylation sites is 1. The van der Waals surface area contributed by atoms with E-state index in [2.05, 4.69) is 21.2 Å². The van der Waals surface area contributed by atoms with Crippen LogP contribution in [0, 0.1) is 11.7 Å². The average Bonchev–Trinajstić information content (AvgIpc) is 2.74. The normalized spacial score (nSPS) is 12.3. The van der Waals surface area contributed by atoms with Crippen LogP contribution < -0.4 is 9.62 Å². The molecule has 0 saturated carbocycles. The van der Waals surface area contributed by atoms with Crippen LogP contribution in [-0.2, 0) is 26.2 Å². The lowest BCUT2D eigenvalue weighted by atomic mass is 10.1. The molecule has 2 aromatic carbocycles. The van der Waals surface area contributed by atoms with E-state index < -0.39 is 40.2 Å². The fourth-order valence-electron chi connectivity index (χ4n) is 3.09. The van der Waals surface area contributed by atoms with Crippen molar-refractivity contribution in [1.82, 2.24) is 10.2 Å². The van der Waals surface area contributed by atoms with E-state index in [-0.39, 0.29) is 23.7 Å². The third-order valence-corrected chi connectivity index (χ3v) is 6.75. The predicted molar refractivity (Wildman–Crippen MR) is 131 cm³/mol. The van der Waals surface area contributed by atoms with Crippen LogP contribution in [0.1, 0.15) is 26.3 Å². The van der Waals surface area contributed by atoms with E-state index in [1.54, 1.807) is 30.3 Å². The summed E-state index contributed by atoms with van der Waals surface area (Å²) in [6.45, 7) is 5.10. The lowest BCUT2D eigenvalue weighted by molar-refractivity contribution is -0.139. The summed E-state index contributed by atoms with van der Waals surface area (Å²) in [5.74, 6) is -1.35. The van der Waals surface area contributed by atoms with Gasteiger partial charge >= 0.3 is 0 Å². The molecular formula is C23H29BrFN3O4S. The summed E-state index contributed by atoms with van der Waals surface area (Å²) in [4.78, 5) is 27.3. The standard InChI is InChI=1S/C23H29BrFN3O4S/c1-16(2)13-26-23(30)17(3)27(14-18-9-5-7-11-20(18)25)22(29)15-28(33(4,31)32)21-12-8-6-10-19(21)24/h5-12,16-17H,13-15H2,1-4H3,(H,26,30)/t17-/m0/s1. The first kappa shape index (κ1) is 26.8. The second-order valence-corrected chi connectivity index (χ2v) is 10.9. The molecule has 0 bridgehead atoms. The Morgan fingerprint density at radius 2 is 1.67 bits per heavy atom. The molecule has 2 aromatic rings. The van der Waals surface area contributed by atoms with Crippen LogP contribution in [-0.4, -0.2) is 50.5 Å². The number of nitrogens with zero attached hydrogens (tertiary/aromatic N) is 2. The largest absolute Gasteiger partial charge is 0.354 e. The van der Waals surface area contributed by atoms with Crippen LogP contribution in [0.2, 0.25) is 0 Å². The summed E-state index contributed by atoms with van der Waals surface area (Å²) in [6, 6.07) is 11.6. The maximum Gasteiger partial charge on any atom is 0.244 e. The van der Waals surface area contributed by atoms with E-state index in [1.807, 2.05) is 13.8 Å². The molecule has 180 valence electrons. The maximum absolute atomic E-state index is 14.4.